The Morgan fingerprint density at radius 1 is 1.24 bits per heavy atom. The van der Waals surface area contributed by atoms with Gasteiger partial charge in [-0.25, -0.2) is 0 Å². The summed E-state index contributed by atoms with van der Waals surface area (Å²) in [6, 6.07) is 10.0. The van der Waals surface area contributed by atoms with E-state index in [-0.39, 0.29) is 5.91 Å². The number of benzene rings is 1. The molecular formula is C18H20ClN5O. The summed E-state index contributed by atoms with van der Waals surface area (Å²) in [4.78, 5) is 12.1. The van der Waals surface area contributed by atoms with Crippen molar-refractivity contribution in [1.29, 1.82) is 0 Å². The van der Waals surface area contributed by atoms with Gasteiger partial charge in [0.05, 0.1) is 41.4 Å². The van der Waals surface area contributed by atoms with E-state index in [4.69, 9.17) is 11.6 Å². The van der Waals surface area contributed by atoms with E-state index >= 15 is 0 Å². The molecule has 1 aromatic carbocycles. The van der Waals surface area contributed by atoms with E-state index < -0.39 is 0 Å². The van der Waals surface area contributed by atoms with Crippen molar-refractivity contribution in [2.45, 2.75) is 33.4 Å². The summed E-state index contributed by atoms with van der Waals surface area (Å²) < 4.78 is 3.56. The van der Waals surface area contributed by atoms with Crippen LogP contribution >= 0.6 is 11.6 Å². The Hall–Kier alpha value is -2.60. The molecule has 0 fully saturated rings. The summed E-state index contributed by atoms with van der Waals surface area (Å²) in [5.74, 6) is -0.0806. The van der Waals surface area contributed by atoms with Crippen LogP contribution in [0.15, 0.2) is 42.7 Å². The fourth-order valence-corrected chi connectivity index (χ4v) is 2.74. The van der Waals surface area contributed by atoms with Crippen molar-refractivity contribution in [2.24, 2.45) is 0 Å². The van der Waals surface area contributed by atoms with Crippen LogP contribution in [0.1, 0.15) is 23.4 Å². The number of nitrogens with one attached hydrogen (secondary N) is 1. The molecule has 0 aliphatic rings. The molecular weight excluding hydrogens is 338 g/mol. The molecule has 2 heterocycles. The number of aryl methyl sites for hydroxylation is 2. The van der Waals surface area contributed by atoms with Crippen LogP contribution in [0.3, 0.4) is 0 Å². The Labute approximate surface area is 151 Å². The molecule has 1 amide bonds. The molecule has 0 atom stereocenters. The maximum atomic E-state index is 12.1. The normalized spacial score (nSPS) is 10.8. The first-order chi connectivity index (χ1) is 12.0. The topological polar surface area (TPSA) is 64.7 Å². The maximum Gasteiger partial charge on any atom is 0.226 e. The van der Waals surface area contributed by atoms with Gasteiger partial charge < -0.3 is 5.32 Å². The van der Waals surface area contributed by atoms with Gasteiger partial charge in [0.2, 0.25) is 5.91 Å². The van der Waals surface area contributed by atoms with Gasteiger partial charge in [0, 0.05) is 12.6 Å². The van der Waals surface area contributed by atoms with E-state index in [1.165, 1.54) is 0 Å². The summed E-state index contributed by atoms with van der Waals surface area (Å²) in [6.45, 7) is 4.91. The highest BCUT2D eigenvalue weighted by atomic mass is 35.5. The van der Waals surface area contributed by atoms with E-state index in [0.717, 1.165) is 17.0 Å². The van der Waals surface area contributed by atoms with E-state index in [2.05, 4.69) is 15.5 Å². The minimum absolute atomic E-state index is 0.0806. The van der Waals surface area contributed by atoms with Crippen LogP contribution < -0.4 is 5.32 Å². The van der Waals surface area contributed by atoms with Crippen molar-refractivity contribution in [3.63, 3.8) is 0 Å². The number of halogens is 1. The zero-order valence-electron chi connectivity index (χ0n) is 14.2. The highest BCUT2D eigenvalue weighted by Crippen LogP contribution is 2.19. The molecule has 3 rings (SSSR count). The van der Waals surface area contributed by atoms with Crippen molar-refractivity contribution < 1.29 is 4.79 Å². The molecule has 0 saturated carbocycles. The largest absolute Gasteiger partial charge is 0.323 e. The number of carbonyl (C=O) groups excluding carboxylic acids is 1. The summed E-state index contributed by atoms with van der Waals surface area (Å²) in [5.41, 5.74) is 3.50. The second-order valence-corrected chi connectivity index (χ2v) is 6.30. The van der Waals surface area contributed by atoms with Gasteiger partial charge in [-0.2, -0.15) is 10.2 Å². The summed E-state index contributed by atoms with van der Waals surface area (Å²) >= 11 is 6.12. The molecule has 2 aromatic heterocycles. The van der Waals surface area contributed by atoms with Crippen LogP contribution in [0.25, 0.3) is 0 Å². The van der Waals surface area contributed by atoms with Crippen molar-refractivity contribution in [1.82, 2.24) is 19.6 Å². The van der Waals surface area contributed by atoms with Crippen molar-refractivity contribution in [3.05, 3.63) is 64.7 Å². The molecule has 0 aliphatic heterocycles. The minimum Gasteiger partial charge on any atom is -0.323 e. The summed E-state index contributed by atoms with van der Waals surface area (Å²) in [6.07, 6.45) is 3.80. The molecule has 0 saturated heterocycles. The van der Waals surface area contributed by atoms with Gasteiger partial charge in [-0.1, -0.05) is 41.9 Å². The first-order valence-corrected chi connectivity index (χ1v) is 8.46. The number of anilines is 1. The molecule has 6 nitrogen and oxygen atoms in total. The van der Waals surface area contributed by atoms with Gasteiger partial charge in [-0.15, -0.1) is 0 Å². The number of nitrogens with zero attached hydrogens (tertiary/aromatic N) is 4. The Morgan fingerprint density at radius 3 is 2.68 bits per heavy atom. The molecule has 7 heteroatoms. The van der Waals surface area contributed by atoms with Gasteiger partial charge in [0.25, 0.3) is 0 Å². The summed E-state index contributed by atoms with van der Waals surface area (Å²) in [5, 5.41) is 12.1. The fraction of sp³-hybridized carbons (Fsp3) is 0.278. The van der Waals surface area contributed by atoms with Crippen LogP contribution in [-0.4, -0.2) is 25.5 Å². The van der Waals surface area contributed by atoms with Gasteiger partial charge in [0.1, 0.15) is 0 Å². The smallest absolute Gasteiger partial charge is 0.226 e. The predicted octanol–water partition coefficient (Wildman–Crippen LogP) is 3.43. The number of carbonyl (C=O) groups is 1. The third kappa shape index (κ3) is 4.28. The zero-order chi connectivity index (χ0) is 17.8. The average molecular weight is 358 g/mol. The van der Waals surface area contributed by atoms with E-state index in [0.29, 0.717) is 30.2 Å². The second-order valence-electron chi connectivity index (χ2n) is 5.92. The lowest BCUT2D eigenvalue weighted by atomic mass is 10.2. The van der Waals surface area contributed by atoms with Crippen molar-refractivity contribution in [2.75, 3.05) is 5.32 Å². The molecule has 0 spiro atoms. The monoisotopic (exact) mass is 357 g/mol. The predicted molar refractivity (Wildman–Crippen MR) is 97.7 cm³/mol. The van der Waals surface area contributed by atoms with Crippen molar-refractivity contribution in [3.8, 4) is 0 Å². The second kappa shape index (κ2) is 7.53. The van der Waals surface area contributed by atoms with Gasteiger partial charge in [0.15, 0.2) is 0 Å². The lowest BCUT2D eigenvalue weighted by Gasteiger charge is -2.05. The first kappa shape index (κ1) is 17.2. The number of amides is 1. The molecule has 0 aliphatic carbocycles. The quantitative estimate of drug-likeness (QED) is 0.735. The fourth-order valence-electron chi connectivity index (χ4n) is 2.61. The molecule has 3 aromatic rings. The van der Waals surface area contributed by atoms with Gasteiger partial charge in [-0.05, 0) is 19.4 Å². The molecule has 0 radical (unpaired) electrons. The highest BCUT2D eigenvalue weighted by molar-refractivity contribution is 6.31. The van der Waals surface area contributed by atoms with E-state index in [1.807, 2.05) is 50.4 Å². The Kier molecular flexibility index (Phi) is 5.19. The lowest BCUT2D eigenvalue weighted by Crippen LogP contribution is -2.15. The first-order valence-electron chi connectivity index (χ1n) is 8.08. The van der Waals surface area contributed by atoms with Gasteiger partial charge >= 0.3 is 0 Å². The SMILES string of the molecule is Cc1nn(CCC(=O)Nc2cnn(Cc3ccccc3)c2)c(C)c1Cl. The van der Waals surface area contributed by atoms with Crippen LogP contribution in [-0.2, 0) is 17.9 Å². The average Bonchev–Trinajstić information content (AvgIpc) is 3.13. The molecule has 130 valence electrons. The van der Waals surface area contributed by atoms with E-state index in [1.54, 1.807) is 15.6 Å². The number of hydrogen-bond acceptors (Lipinski definition) is 3. The van der Waals surface area contributed by atoms with Crippen LogP contribution in [0, 0.1) is 13.8 Å². The number of hydrogen-bond donors (Lipinski definition) is 1. The number of rotatable bonds is 6. The third-order valence-electron chi connectivity index (χ3n) is 3.95. The van der Waals surface area contributed by atoms with Crippen LogP contribution in [0.5, 0.6) is 0 Å². The lowest BCUT2D eigenvalue weighted by molar-refractivity contribution is -0.116. The zero-order valence-corrected chi connectivity index (χ0v) is 15.0. The Morgan fingerprint density at radius 2 is 2.00 bits per heavy atom. The van der Waals surface area contributed by atoms with Crippen LogP contribution in [0.4, 0.5) is 5.69 Å². The number of aromatic nitrogens is 4. The molecule has 25 heavy (non-hydrogen) atoms. The van der Waals surface area contributed by atoms with Crippen molar-refractivity contribution >= 4 is 23.2 Å². The summed E-state index contributed by atoms with van der Waals surface area (Å²) in [7, 11) is 0. The standard InChI is InChI=1S/C18H20ClN5O/c1-13-18(19)14(2)24(22-13)9-8-17(25)21-16-10-20-23(12-16)11-15-6-4-3-5-7-15/h3-7,10,12H,8-9,11H2,1-2H3,(H,21,25). The molecule has 1 N–H and O–H groups in total. The third-order valence-corrected chi connectivity index (χ3v) is 4.50. The minimum atomic E-state index is -0.0806. The highest BCUT2D eigenvalue weighted by Gasteiger charge is 2.11. The Balaban J connectivity index is 1.54. The maximum absolute atomic E-state index is 12.1. The molecule has 0 unspecified atom stereocenters. The molecule has 0 bridgehead atoms. The van der Waals surface area contributed by atoms with Crippen LogP contribution in [0.2, 0.25) is 5.02 Å². The van der Waals surface area contributed by atoms with Gasteiger partial charge in [-0.3, -0.25) is 14.2 Å². The Bertz CT molecular complexity index is 869. The van der Waals surface area contributed by atoms with E-state index in [9.17, 15) is 4.79 Å².